The number of fused-ring (bicyclic) bond motifs is 5. The molecule has 8 aromatic carbocycles. The number of nitrogens with zero attached hydrogens (tertiary/aromatic N) is 14. The molecule has 26 heteroatoms. The quantitative estimate of drug-likeness (QED) is 0.130. The largest absolute Gasteiger partial charge is 0.494 e. The highest BCUT2D eigenvalue weighted by molar-refractivity contribution is 9.11. The molecule has 0 unspecified atom stereocenters. The van der Waals surface area contributed by atoms with Crippen molar-refractivity contribution >= 4 is 133 Å². The summed E-state index contributed by atoms with van der Waals surface area (Å²) in [4.78, 5) is 33.6. The third-order valence-electron chi connectivity index (χ3n) is 17.4. The number of hydrogen-bond donors (Lipinski definition) is 3. The zero-order valence-electron chi connectivity index (χ0n) is 70.5. The molecule has 8 aromatic heterocycles. The molecule has 0 amide bonds. The third kappa shape index (κ3) is 18.5. The van der Waals surface area contributed by atoms with Crippen molar-refractivity contribution in [3.8, 4) is 56.3 Å². The minimum absolute atomic E-state index is 0.0197. The molecule has 1 fully saturated rings. The minimum Gasteiger partial charge on any atom is -0.399 e. The van der Waals surface area contributed by atoms with E-state index in [1.54, 1.807) is 97.1 Å². The lowest BCUT2D eigenvalue weighted by molar-refractivity contribution is 0.00578. The second-order valence-electron chi connectivity index (χ2n) is 25.3. The summed E-state index contributed by atoms with van der Waals surface area (Å²) in [5, 5.41) is 26.8. The van der Waals surface area contributed by atoms with E-state index in [-0.39, 0.29) is 46.4 Å². The van der Waals surface area contributed by atoms with E-state index >= 15 is 0 Å². The van der Waals surface area contributed by atoms with Crippen LogP contribution in [0, 0.1) is 51.8 Å². The van der Waals surface area contributed by atoms with Gasteiger partial charge in [0.1, 0.15) is 45.9 Å². The molecule has 16 aromatic rings. The summed E-state index contributed by atoms with van der Waals surface area (Å²) in [5.41, 5.74) is 27.9. The van der Waals surface area contributed by atoms with E-state index in [1.165, 1.54) is 84.3 Å². The molecule has 544 valence electrons. The summed E-state index contributed by atoms with van der Waals surface area (Å²) in [5.74, 6) is -1.01. The molecule has 1 aliphatic heterocycles. The van der Waals surface area contributed by atoms with Gasteiger partial charge in [-0.15, -0.1) is 30.6 Å². The first-order valence-corrected chi connectivity index (χ1v) is 35.5. The Balaban J connectivity index is 0.000000136. The van der Waals surface area contributed by atoms with Gasteiger partial charge in [-0.1, -0.05) is 56.1 Å². The van der Waals surface area contributed by atoms with E-state index in [0.717, 1.165) is 25.5 Å². The summed E-state index contributed by atoms with van der Waals surface area (Å²) in [6.07, 6.45) is 7.83. The third-order valence-corrected chi connectivity index (χ3v) is 18.9. The Kier molecular flexibility index (Phi) is 19.3. The van der Waals surface area contributed by atoms with Crippen molar-refractivity contribution in [2.24, 2.45) is 0 Å². The Morgan fingerprint density at radius 2 is 0.642 bits per heavy atom. The predicted molar refractivity (Wildman–Crippen MR) is 438 cm³/mol. The number of nitrogens with two attached hydrogens (primary N) is 3. The van der Waals surface area contributed by atoms with Crippen molar-refractivity contribution in [3.05, 3.63) is 284 Å². The Morgan fingerprint density at radius 3 is 1.03 bits per heavy atom. The Morgan fingerprint density at radius 1 is 0.339 bits per heavy atom. The smallest absolute Gasteiger partial charge is 0.399 e. The van der Waals surface area contributed by atoms with Gasteiger partial charge in [0.25, 0.3) is 0 Å². The summed E-state index contributed by atoms with van der Waals surface area (Å²) >= 11 is 9.96. The van der Waals surface area contributed by atoms with Crippen molar-refractivity contribution < 1.29 is 38.9 Å². The normalized spacial score (nSPS) is 14.6. The van der Waals surface area contributed by atoms with Crippen LogP contribution in [0.25, 0.3) is 111 Å². The number of hydrogen-bond acceptors (Lipinski definition) is 19. The van der Waals surface area contributed by atoms with E-state index < -0.39 is 45.7 Å². The fourth-order valence-electron chi connectivity index (χ4n) is 11.1. The molecule has 6 N–H and O–H groups in total. The van der Waals surface area contributed by atoms with Crippen LogP contribution in [0.15, 0.2) is 239 Å². The van der Waals surface area contributed by atoms with Gasteiger partial charge < -0.3 is 26.5 Å². The van der Waals surface area contributed by atoms with Crippen molar-refractivity contribution in [3.63, 3.8) is 0 Å². The van der Waals surface area contributed by atoms with Gasteiger partial charge in [-0.3, -0.25) is 24.9 Å². The molecule has 0 atom stereocenters. The zero-order valence-corrected chi connectivity index (χ0v) is 63.3. The maximum absolute atomic E-state index is 13.3. The number of pyridine rings is 5. The van der Waals surface area contributed by atoms with Crippen LogP contribution in [-0.4, -0.2) is 88.8 Å². The Hall–Kier alpha value is -11.5. The molecular weight excluding hydrogens is 1570 g/mol. The van der Waals surface area contributed by atoms with E-state index in [2.05, 4.69) is 131 Å². The number of anilines is 3. The number of halogens is 6. The summed E-state index contributed by atoms with van der Waals surface area (Å²) in [7, 11) is -0.519. The molecule has 1 saturated heterocycles. The Labute approximate surface area is 669 Å². The molecular formula is C83H70BBr3F3N17O2. The molecule has 9 heterocycles. The molecule has 1 aliphatic rings. The van der Waals surface area contributed by atoms with Gasteiger partial charge in [0, 0.05) is 111 Å². The van der Waals surface area contributed by atoms with Gasteiger partial charge in [-0.25, -0.2) is 28.1 Å². The van der Waals surface area contributed by atoms with E-state index in [0.29, 0.717) is 110 Å². The van der Waals surface area contributed by atoms with Crippen LogP contribution in [0.4, 0.5) is 31.0 Å². The van der Waals surface area contributed by atoms with Gasteiger partial charge >= 0.3 is 7.12 Å². The molecule has 109 heavy (non-hydrogen) atoms. The lowest BCUT2D eigenvalue weighted by atomic mass is 9.78. The highest BCUT2D eigenvalue weighted by atomic mass is 79.9. The summed E-state index contributed by atoms with van der Waals surface area (Å²) < 4.78 is 146. The van der Waals surface area contributed by atoms with Crippen LogP contribution in [0.3, 0.4) is 0 Å². The summed E-state index contributed by atoms with van der Waals surface area (Å²) in [6.45, 7) is 1.20. The van der Waals surface area contributed by atoms with Crippen molar-refractivity contribution in [1.82, 2.24) is 70.5 Å². The number of nitrogen functional groups attached to an aromatic ring is 3. The second kappa shape index (κ2) is 33.7. The second-order valence-corrected chi connectivity index (χ2v) is 27.9. The van der Waals surface area contributed by atoms with Crippen molar-refractivity contribution in [2.45, 2.75) is 73.2 Å². The fraction of sp³-hybridized carbons (Fsp3) is 0.133. The first-order valence-electron chi connectivity index (χ1n) is 39.1. The van der Waals surface area contributed by atoms with Crippen LogP contribution in [0.2, 0.25) is 0 Å². The van der Waals surface area contributed by atoms with Gasteiger partial charge in [-0.05, 0) is 281 Å². The number of benzene rings is 8. The standard InChI is InChI=1S/2C19H14FN5.C16H20BNO2.2C10H8BrN.C9H6BrFN4/c2*1-11-8-9-22-16-7-4-13(10-15(11)16)18-17(23-19(21)25-24-18)12-2-5-14(20)6-3-12;1-11-8-9-18-14-7-6-12(10-13(11)14)17-19-15(2,3)16(4,5)20-17;2*1-7-4-5-12-10-3-2-8(11)6-9(7)10;10-8-7(13-9(12)15-14-8)5-1-3-6(11)4-2-5/h2*2-10H,1H3,(H2,21,23,25);6-10H,1-5H3;2*2-6H,1H3;1-4H,(H2,12,13,15)/i4*1D3;;. The van der Waals surface area contributed by atoms with Crippen LogP contribution in [0.1, 0.15) is 72.0 Å². The maximum atomic E-state index is 13.3. The summed E-state index contributed by atoms with van der Waals surface area (Å²) in [6, 6.07) is 52.9. The Bertz CT molecular complexity index is 6290. The van der Waals surface area contributed by atoms with Crippen LogP contribution < -0.4 is 22.7 Å². The lowest BCUT2D eigenvalue weighted by Crippen LogP contribution is -2.41. The first kappa shape index (κ1) is 62.5. The van der Waals surface area contributed by atoms with Crippen LogP contribution in [-0.2, 0) is 9.31 Å². The first-order chi connectivity index (χ1) is 57.1. The number of aryl methyl sites for hydroxylation is 5. The molecule has 0 saturated carbocycles. The van der Waals surface area contributed by atoms with E-state index in [1.807, 2.05) is 76.4 Å². The van der Waals surface area contributed by atoms with Crippen LogP contribution in [0.5, 0.6) is 0 Å². The van der Waals surface area contributed by atoms with Crippen molar-refractivity contribution in [2.75, 3.05) is 17.2 Å². The van der Waals surface area contributed by atoms with Crippen molar-refractivity contribution in [1.29, 1.82) is 0 Å². The molecule has 19 nitrogen and oxygen atoms in total. The maximum Gasteiger partial charge on any atom is 0.494 e. The SMILES string of the molecule is Cc1ccnc2ccc(Br)cc12.Nc1nnc(Br)c(-c2ccc(F)cc2)n1.[2H]C([2H])([2H])c1ccnc2ccc(-c3nnc(N)nc3-c3ccc(F)cc3)cc12.[2H]C([2H])([2H])c1ccnc2ccc(-c3nnc(N)nc3-c3ccc(F)cc3)cc12.[2H]C([2H])([2H])c1ccnc2ccc(B3OC(C)(C)C(C)(C)O3)cc12.[2H]C([2H])([2H])c1ccnc2ccc(Br)cc12. The number of rotatable bonds is 6. The van der Waals surface area contributed by atoms with E-state index in [4.69, 9.17) is 43.0 Å². The fourth-order valence-corrected chi connectivity index (χ4v) is 12.2. The molecule has 17 rings (SSSR count). The average Bonchev–Trinajstić information content (AvgIpc) is 1.72. The van der Waals surface area contributed by atoms with Crippen LogP contribution >= 0.6 is 47.8 Å². The zero-order chi connectivity index (χ0) is 87.3. The average molecular weight is 1660 g/mol. The highest BCUT2D eigenvalue weighted by Crippen LogP contribution is 2.38. The number of aromatic nitrogens is 14. The topological polar surface area (TPSA) is 277 Å². The van der Waals surface area contributed by atoms with Gasteiger partial charge in [0.15, 0.2) is 4.60 Å². The van der Waals surface area contributed by atoms with E-state index in [9.17, 15) is 13.2 Å². The molecule has 0 radical (unpaired) electrons. The van der Waals surface area contributed by atoms with Gasteiger partial charge in [0.2, 0.25) is 17.8 Å². The molecule has 0 aliphatic carbocycles. The minimum atomic E-state index is -2.29. The lowest BCUT2D eigenvalue weighted by Gasteiger charge is -2.32. The molecule has 0 spiro atoms. The molecule has 0 bridgehead atoms. The predicted octanol–water partition coefficient (Wildman–Crippen LogP) is 19.0. The monoisotopic (exact) mass is 1650 g/mol. The highest BCUT2D eigenvalue weighted by Gasteiger charge is 2.51. The van der Waals surface area contributed by atoms with Gasteiger partial charge in [0.05, 0.1) is 38.8 Å². The van der Waals surface area contributed by atoms with Gasteiger partial charge in [-0.2, -0.15) is 0 Å².